The highest BCUT2D eigenvalue weighted by atomic mass is 16.3. The topological polar surface area (TPSA) is 70.6 Å². The molecule has 1 aliphatic rings. The van der Waals surface area contributed by atoms with E-state index in [4.69, 9.17) is 5.73 Å². The van der Waals surface area contributed by atoms with Crippen LogP contribution in [-0.2, 0) is 5.54 Å². The van der Waals surface area contributed by atoms with Gasteiger partial charge in [-0.1, -0.05) is 19.1 Å². The summed E-state index contributed by atoms with van der Waals surface area (Å²) in [6.45, 7) is 2.74. The van der Waals surface area contributed by atoms with E-state index >= 15 is 0 Å². The van der Waals surface area contributed by atoms with E-state index in [0.29, 0.717) is 12.5 Å². The molecule has 1 aliphatic heterocycles. The Morgan fingerprint density at radius 1 is 1.47 bits per heavy atom. The summed E-state index contributed by atoms with van der Waals surface area (Å²) < 4.78 is 0. The molecular formula is C11H15N3O. The van der Waals surface area contributed by atoms with E-state index in [2.05, 4.69) is 17.2 Å². The third kappa shape index (κ3) is 1.63. The predicted molar refractivity (Wildman–Crippen MR) is 59.7 cm³/mol. The van der Waals surface area contributed by atoms with Gasteiger partial charge in [0.2, 0.25) is 0 Å². The van der Waals surface area contributed by atoms with Crippen LogP contribution in [0, 0.1) is 0 Å². The standard InChI is InChI=1S/C11H15N3O/c1-2-11(7-13-10(12)14-11)8-3-5-9(15)6-4-8/h3-6,15H,2,7H2,1H3,(H3,12,13,14). The molecule has 1 heterocycles. The summed E-state index contributed by atoms with van der Waals surface area (Å²) in [5, 5.41) is 12.4. The molecule has 0 bridgehead atoms. The van der Waals surface area contributed by atoms with Crippen molar-refractivity contribution < 1.29 is 5.11 Å². The summed E-state index contributed by atoms with van der Waals surface area (Å²) in [6, 6.07) is 7.17. The number of hydrogen-bond acceptors (Lipinski definition) is 4. The van der Waals surface area contributed by atoms with Crippen molar-refractivity contribution in [2.75, 3.05) is 6.54 Å². The Balaban J connectivity index is 2.32. The minimum absolute atomic E-state index is 0.197. The number of hydrogen-bond donors (Lipinski definition) is 3. The van der Waals surface area contributed by atoms with Gasteiger partial charge in [0.25, 0.3) is 0 Å². The molecule has 15 heavy (non-hydrogen) atoms. The predicted octanol–water partition coefficient (Wildman–Crippen LogP) is 0.915. The summed E-state index contributed by atoms with van der Waals surface area (Å²) in [5.74, 6) is 0.766. The van der Waals surface area contributed by atoms with Crippen molar-refractivity contribution in [3.63, 3.8) is 0 Å². The van der Waals surface area contributed by atoms with Crippen molar-refractivity contribution in [3.05, 3.63) is 29.8 Å². The largest absolute Gasteiger partial charge is 0.508 e. The Hall–Kier alpha value is -1.71. The Morgan fingerprint density at radius 3 is 2.60 bits per heavy atom. The molecule has 0 amide bonds. The zero-order valence-corrected chi connectivity index (χ0v) is 8.70. The van der Waals surface area contributed by atoms with Crippen molar-refractivity contribution in [3.8, 4) is 5.75 Å². The van der Waals surface area contributed by atoms with E-state index in [1.807, 2.05) is 12.1 Å². The first-order valence-electron chi connectivity index (χ1n) is 5.04. The molecular weight excluding hydrogens is 190 g/mol. The molecule has 0 fully saturated rings. The second kappa shape index (κ2) is 3.46. The van der Waals surface area contributed by atoms with Gasteiger partial charge < -0.3 is 16.2 Å². The van der Waals surface area contributed by atoms with E-state index in [1.165, 1.54) is 0 Å². The van der Waals surface area contributed by atoms with Gasteiger partial charge in [-0.05, 0) is 24.1 Å². The number of guanidine groups is 1. The third-order valence-electron chi connectivity index (χ3n) is 2.91. The van der Waals surface area contributed by atoms with Gasteiger partial charge in [-0.25, -0.2) is 0 Å². The SMILES string of the molecule is CCC1(c2ccc(O)cc2)CN=C(N)N1. The lowest BCUT2D eigenvalue weighted by Crippen LogP contribution is -2.44. The van der Waals surface area contributed by atoms with E-state index in [0.717, 1.165) is 12.0 Å². The van der Waals surface area contributed by atoms with E-state index in [9.17, 15) is 5.11 Å². The molecule has 4 N–H and O–H groups in total. The van der Waals surface area contributed by atoms with Gasteiger partial charge in [0.05, 0.1) is 12.1 Å². The highest BCUT2D eigenvalue weighted by molar-refractivity contribution is 5.81. The molecule has 0 radical (unpaired) electrons. The van der Waals surface area contributed by atoms with E-state index in [1.54, 1.807) is 12.1 Å². The monoisotopic (exact) mass is 205 g/mol. The summed E-state index contributed by atoms with van der Waals surface area (Å²) >= 11 is 0. The lowest BCUT2D eigenvalue weighted by molar-refractivity contribution is 0.413. The summed E-state index contributed by atoms with van der Waals surface area (Å²) in [5.41, 5.74) is 6.55. The highest BCUT2D eigenvalue weighted by Crippen LogP contribution is 2.29. The average molecular weight is 205 g/mol. The molecule has 0 aliphatic carbocycles. The number of nitrogens with two attached hydrogens (primary N) is 1. The minimum Gasteiger partial charge on any atom is -0.508 e. The zero-order valence-electron chi connectivity index (χ0n) is 8.70. The first-order chi connectivity index (χ1) is 7.16. The molecule has 1 atom stereocenters. The fourth-order valence-electron chi connectivity index (χ4n) is 1.89. The normalized spacial score (nSPS) is 24.7. The summed E-state index contributed by atoms with van der Waals surface area (Å²) in [6.07, 6.45) is 0.905. The molecule has 4 heteroatoms. The highest BCUT2D eigenvalue weighted by Gasteiger charge is 2.34. The molecule has 0 aromatic heterocycles. The van der Waals surface area contributed by atoms with Crippen molar-refractivity contribution in [1.82, 2.24) is 5.32 Å². The van der Waals surface area contributed by atoms with Crippen LogP contribution >= 0.6 is 0 Å². The molecule has 0 saturated heterocycles. The Bertz CT molecular complexity index is 385. The van der Waals surface area contributed by atoms with Gasteiger partial charge in [0.15, 0.2) is 5.96 Å². The average Bonchev–Trinajstić information content (AvgIpc) is 2.62. The van der Waals surface area contributed by atoms with Gasteiger partial charge >= 0.3 is 0 Å². The number of phenolic OH excluding ortho intramolecular Hbond substituents is 1. The number of benzene rings is 1. The van der Waals surface area contributed by atoms with Crippen LogP contribution in [-0.4, -0.2) is 17.6 Å². The number of nitrogens with one attached hydrogen (secondary N) is 1. The fourth-order valence-corrected chi connectivity index (χ4v) is 1.89. The Morgan fingerprint density at radius 2 is 2.13 bits per heavy atom. The molecule has 0 spiro atoms. The maximum atomic E-state index is 9.23. The number of nitrogens with zero attached hydrogens (tertiary/aromatic N) is 1. The first kappa shape index (κ1) is 9.83. The lowest BCUT2D eigenvalue weighted by Gasteiger charge is -2.28. The molecule has 4 nitrogen and oxygen atoms in total. The third-order valence-corrected chi connectivity index (χ3v) is 2.91. The molecule has 1 aromatic carbocycles. The number of aliphatic imine (C=N–C) groups is 1. The molecule has 1 unspecified atom stereocenters. The minimum atomic E-state index is -0.197. The van der Waals surface area contributed by atoms with Gasteiger partial charge in [-0.2, -0.15) is 0 Å². The fraction of sp³-hybridized carbons (Fsp3) is 0.364. The van der Waals surface area contributed by atoms with Gasteiger partial charge in [0, 0.05) is 0 Å². The van der Waals surface area contributed by atoms with Crippen molar-refractivity contribution in [2.24, 2.45) is 10.7 Å². The van der Waals surface area contributed by atoms with Crippen LogP contribution in [0.4, 0.5) is 0 Å². The van der Waals surface area contributed by atoms with Crippen molar-refractivity contribution in [1.29, 1.82) is 0 Å². The molecule has 0 saturated carbocycles. The van der Waals surface area contributed by atoms with E-state index < -0.39 is 0 Å². The van der Waals surface area contributed by atoms with Crippen LogP contribution in [0.25, 0.3) is 0 Å². The summed E-state index contributed by atoms with van der Waals surface area (Å²) in [4.78, 5) is 4.18. The molecule has 2 rings (SSSR count). The van der Waals surface area contributed by atoms with Crippen LogP contribution in [0.15, 0.2) is 29.3 Å². The Kier molecular flexibility index (Phi) is 2.26. The second-order valence-electron chi connectivity index (χ2n) is 3.81. The van der Waals surface area contributed by atoms with E-state index in [-0.39, 0.29) is 11.3 Å². The van der Waals surface area contributed by atoms with Gasteiger partial charge in [0.1, 0.15) is 5.75 Å². The molecule has 80 valence electrons. The van der Waals surface area contributed by atoms with Gasteiger partial charge in [-0.15, -0.1) is 0 Å². The van der Waals surface area contributed by atoms with Crippen LogP contribution in [0.1, 0.15) is 18.9 Å². The number of aromatic hydroxyl groups is 1. The smallest absolute Gasteiger partial charge is 0.189 e. The maximum Gasteiger partial charge on any atom is 0.189 e. The van der Waals surface area contributed by atoms with Crippen molar-refractivity contribution >= 4 is 5.96 Å². The van der Waals surface area contributed by atoms with Crippen molar-refractivity contribution in [2.45, 2.75) is 18.9 Å². The van der Waals surface area contributed by atoms with Crippen LogP contribution in [0.3, 0.4) is 0 Å². The van der Waals surface area contributed by atoms with Crippen LogP contribution < -0.4 is 11.1 Å². The quantitative estimate of drug-likeness (QED) is 0.672. The number of phenols is 1. The Labute approximate surface area is 88.8 Å². The lowest BCUT2D eigenvalue weighted by atomic mass is 9.88. The second-order valence-corrected chi connectivity index (χ2v) is 3.81. The molecule has 1 aromatic rings. The van der Waals surface area contributed by atoms with Crippen LogP contribution in [0.2, 0.25) is 0 Å². The summed E-state index contributed by atoms with van der Waals surface area (Å²) in [7, 11) is 0. The number of rotatable bonds is 2. The van der Waals surface area contributed by atoms with Gasteiger partial charge in [-0.3, -0.25) is 4.99 Å². The van der Waals surface area contributed by atoms with Crippen LogP contribution in [0.5, 0.6) is 5.75 Å². The first-order valence-corrected chi connectivity index (χ1v) is 5.04. The maximum absolute atomic E-state index is 9.23. The zero-order chi connectivity index (χ0) is 10.9.